The molecule has 3 aromatic rings. The fourth-order valence-electron chi connectivity index (χ4n) is 2.55. The van der Waals surface area contributed by atoms with E-state index >= 15 is 0 Å². The molecular weight excluding hydrogens is 359 g/mol. The van der Waals surface area contributed by atoms with E-state index in [0.29, 0.717) is 16.2 Å². The van der Waals surface area contributed by atoms with Crippen LogP contribution in [-0.2, 0) is 4.79 Å². The Morgan fingerprint density at radius 2 is 2.16 bits per heavy atom. The fourth-order valence-corrected chi connectivity index (χ4v) is 3.55. The number of aromatic amines is 1. The van der Waals surface area contributed by atoms with Crippen molar-refractivity contribution in [2.24, 2.45) is 0 Å². The van der Waals surface area contributed by atoms with Gasteiger partial charge in [0.2, 0.25) is 5.91 Å². The lowest BCUT2D eigenvalue weighted by Crippen LogP contribution is -2.33. The average Bonchev–Trinajstić information content (AvgIpc) is 3.23. The Bertz CT molecular complexity index is 932. The summed E-state index contributed by atoms with van der Waals surface area (Å²) in [7, 11) is 0. The van der Waals surface area contributed by atoms with Crippen LogP contribution in [0.4, 0.5) is 4.39 Å². The van der Waals surface area contributed by atoms with Gasteiger partial charge < -0.3 is 5.32 Å². The summed E-state index contributed by atoms with van der Waals surface area (Å²) in [6, 6.07) is 9.15. The summed E-state index contributed by atoms with van der Waals surface area (Å²) in [6.45, 7) is 3.57. The Morgan fingerprint density at radius 3 is 2.84 bits per heavy atom. The van der Waals surface area contributed by atoms with Crippen LogP contribution in [0.3, 0.4) is 0 Å². The largest absolute Gasteiger partial charge is 0.348 e. The van der Waals surface area contributed by atoms with Gasteiger partial charge in [-0.1, -0.05) is 18.2 Å². The minimum absolute atomic E-state index is 0.216. The average molecular weight is 376 g/mol. The molecule has 0 unspecified atom stereocenters. The van der Waals surface area contributed by atoms with Crippen LogP contribution in [0, 0.1) is 10.6 Å². The second-order valence-electron chi connectivity index (χ2n) is 5.66. The van der Waals surface area contributed by atoms with Gasteiger partial charge in [-0.05, 0) is 55.2 Å². The van der Waals surface area contributed by atoms with Crippen molar-refractivity contribution >= 4 is 29.5 Å². The van der Waals surface area contributed by atoms with E-state index in [2.05, 4.69) is 15.5 Å². The zero-order chi connectivity index (χ0) is 18.0. The number of halogens is 1. The fraction of sp³-hybridized carbons (Fsp3) is 0.235. The van der Waals surface area contributed by atoms with E-state index in [1.807, 2.05) is 24.4 Å². The first-order valence-electron chi connectivity index (χ1n) is 7.74. The highest BCUT2D eigenvalue weighted by atomic mass is 32.1. The maximum absolute atomic E-state index is 13.4. The van der Waals surface area contributed by atoms with Crippen LogP contribution in [0.1, 0.15) is 31.5 Å². The van der Waals surface area contributed by atoms with Crippen LogP contribution in [0.2, 0.25) is 0 Å². The molecule has 0 spiro atoms. The molecule has 0 saturated heterocycles. The van der Waals surface area contributed by atoms with Crippen LogP contribution in [0.25, 0.3) is 10.7 Å². The Kier molecular flexibility index (Phi) is 5.10. The third kappa shape index (κ3) is 3.69. The maximum Gasteiger partial charge on any atom is 0.243 e. The van der Waals surface area contributed by atoms with Crippen molar-refractivity contribution in [1.29, 1.82) is 0 Å². The molecule has 2 heterocycles. The van der Waals surface area contributed by atoms with E-state index in [4.69, 9.17) is 12.2 Å². The SMILES string of the molecule is C[C@@H](NC(=O)[C@H](C)n1c(-c2cccs2)n[nH]c1=S)c1cccc(F)c1. The number of carbonyl (C=O) groups excluding carboxylic acids is 1. The number of H-pyrrole nitrogens is 1. The van der Waals surface area contributed by atoms with Gasteiger partial charge >= 0.3 is 0 Å². The summed E-state index contributed by atoms with van der Waals surface area (Å²) in [5.41, 5.74) is 0.704. The zero-order valence-electron chi connectivity index (χ0n) is 13.7. The van der Waals surface area contributed by atoms with Gasteiger partial charge in [0.05, 0.1) is 10.9 Å². The molecule has 130 valence electrons. The van der Waals surface area contributed by atoms with Crippen molar-refractivity contribution in [3.8, 4) is 10.7 Å². The minimum Gasteiger partial charge on any atom is -0.348 e. The van der Waals surface area contributed by atoms with Gasteiger partial charge in [0.1, 0.15) is 11.9 Å². The smallest absolute Gasteiger partial charge is 0.243 e. The topological polar surface area (TPSA) is 62.7 Å². The molecular formula is C17H17FN4OS2. The molecule has 2 atom stereocenters. The number of nitrogens with zero attached hydrogens (tertiary/aromatic N) is 2. The number of hydrogen-bond acceptors (Lipinski definition) is 4. The monoisotopic (exact) mass is 376 g/mol. The van der Waals surface area contributed by atoms with E-state index in [-0.39, 0.29) is 17.8 Å². The third-order valence-corrected chi connectivity index (χ3v) is 5.07. The second kappa shape index (κ2) is 7.28. The molecule has 0 fully saturated rings. The van der Waals surface area contributed by atoms with Crippen molar-refractivity contribution in [1.82, 2.24) is 20.1 Å². The van der Waals surface area contributed by atoms with E-state index in [1.54, 1.807) is 23.6 Å². The molecule has 0 aliphatic carbocycles. The number of rotatable bonds is 5. The minimum atomic E-state index is -0.556. The summed E-state index contributed by atoms with van der Waals surface area (Å²) < 4.78 is 15.4. The predicted molar refractivity (Wildman–Crippen MR) is 98.4 cm³/mol. The van der Waals surface area contributed by atoms with Crippen LogP contribution < -0.4 is 5.32 Å². The van der Waals surface area contributed by atoms with Crippen molar-refractivity contribution < 1.29 is 9.18 Å². The quantitative estimate of drug-likeness (QED) is 0.655. The summed E-state index contributed by atoms with van der Waals surface area (Å²) in [4.78, 5) is 13.6. The van der Waals surface area contributed by atoms with Crippen molar-refractivity contribution in [2.45, 2.75) is 25.9 Å². The van der Waals surface area contributed by atoms with E-state index in [9.17, 15) is 9.18 Å². The molecule has 1 amide bonds. The van der Waals surface area contributed by atoms with Crippen LogP contribution in [0.5, 0.6) is 0 Å². The summed E-state index contributed by atoms with van der Waals surface area (Å²) >= 11 is 6.81. The first-order chi connectivity index (χ1) is 12.0. The number of carbonyl (C=O) groups is 1. The van der Waals surface area contributed by atoms with Crippen molar-refractivity contribution in [3.63, 3.8) is 0 Å². The predicted octanol–water partition coefficient (Wildman–Crippen LogP) is 4.25. The lowest BCUT2D eigenvalue weighted by atomic mass is 10.1. The molecule has 0 aliphatic heterocycles. The first kappa shape index (κ1) is 17.5. The third-order valence-electron chi connectivity index (χ3n) is 3.92. The summed E-state index contributed by atoms with van der Waals surface area (Å²) in [6.07, 6.45) is 0. The van der Waals surface area contributed by atoms with Gasteiger partial charge in [-0.3, -0.25) is 14.5 Å². The van der Waals surface area contributed by atoms with Gasteiger partial charge in [0, 0.05) is 0 Å². The lowest BCUT2D eigenvalue weighted by Gasteiger charge is -2.19. The number of aromatic nitrogens is 3. The number of nitrogens with one attached hydrogen (secondary N) is 2. The number of amides is 1. The molecule has 0 bridgehead atoms. The Hall–Kier alpha value is -2.32. The van der Waals surface area contributed by atoms with Gasteiger partial charge in [0.25, 0.3) is 0 Å². The first-order valence-corrected chi connectivity index (χ1v) is 9.03. The molecule has 8 heteroatoms. The molecule has 25 heavy (non-hydrogen) atoms. The Labute approximate surface area is 153 Å². The standard InChI is InChI=1S/C17H17FN4OS2/c1-10(12-5-3-6-13(18)9-12)19-16(23)11(2)22-15(20-21-17(22)24)14-7-4-8-25-14/h3-11H,1-2H3,(H,19,23)(H,21,24)/t10-,11+/m1/s1. The molecule has 3 rings (SSSR count). The molecule has 2 N–H and O–H groups in total. The molecule has 2 aromatic heterocycles. The molecule has 0 saturated carbocycles. The van der Waals surface area contributed by atoms with Crippen molar-refractivity contribution in [2.75, 3.05) is 0 Å². The van der Waals surface area contributed by atoms with Gasteiger partial charge in [0.15, 0.2) is 10.6 Å². The number of thiophene rings is 1. The van der Waals surface area contributed by atoms with Gasteiger partial charge in [-0.25, -0.2) is 4.39 Å². The van der Waals surface area contributed by atoms with E-state index in [0.717, 1.165) is 4.88 Å². The summed E-state index contributed by atoms with van der Waals surface area (Å²) in [5, 5.41) is 11.8. The van der Waals surface area contributed by atoms with Gasteiger partial charge in [-0.2, -0.15) is 5.10 Å². The van der Waals surface area contributed by atoms with Crippen molar-refractivity contribution in [3.05, 3.63) is 57.9 Å². The highest BCUT2D eigenvalue weighted by Crippen LogP contribution is 2.26. The number of benzene rings is 1. The van der Waals surface area contributed by atoms with Gasteiger partial charge in [-0.15, -0.1) is 11.3 Å². The Morgan fingerprint density at radius 1 is 1.36 bits per heavy atom. The molecule has 0 radical (unpaired) electrons. The van der Waals surface area contributed by atoms with E-state index < -0.39 is 6.04 Å². The summed E-state index contributed by atoms with van der Waals surface area (Å²) in [5.74, 6) is 0.0804. The van der Waals surface area contributed by atoms with Crippen LogP contribution in [-0.4, -0.2) is 20.7 Å². The second-order valence-corrected chi connectivity index (χ2v) is 7.00. The zero-order valence-corrected chi connectivity index (χ0v) is 15.3. The maximum atomic E-state index is 13.4. The molecule has 1 aromatic carbocycles. The van der Waals surface area contributed by atoms with Crippen LogP contribution >= 0.6 is 23.6 Å². The highest BCUT2D eigenvalue weighted by Gasteiger charge is 2.22. The molecule has 5 nitrogen and oxygen atoms in total. The number of hydrogen-bond donors (Lipinski definition) is 2. The molecule has 0 aliphatic rings. The normalized spacial score (nSPS) is 13.4. The van der Waals surface area contributed by atoms with Crippen LogP contribution in [0.15, 0.2) is 41.8 Å². The van der Waals surface area contributed by atoms with E-state index in [1.165, 1.54) is 23.5 Å². The lowest BCUT2D eigenvalue weighted by molar-refractivity contribution is -0.124. The highest BCUT2D eigenvalue weighted by molar-refractivity contribution is 7.71. The Balaban J connectivity index is 1.82.